The van der Waals surface area contributed by atoms with E-state index < -0.39 is 5.91 Å². The van der Waals surface area contributed by atoms with Gasteiger partial charge in [-0.05, 0) is 6.92 Å². The lowest BCUT2D eigenvalue weighted by Crippen LogP contribution is -2.22. The quantitative estimate of drug-likeness (QED) is 0.439. The second-order valence-corrected chi connectivity index (χ2v) is 2.93. The summed E-state index contributed by atoms with van der Waals surface area (Å²) >= 11 is 5.73. The Hall–Kier alpha value is -1.60. The summed E-state index contributed by atoms with van der Waals surface area (Å²) in [4.78, 5) is 18.6. The van der Waals surface area contributed by atoms with Gasteiger partial charge in [0, 0.05) is 6.54 Å². The maximum absolute atomic E-state index is 11.0. The number of hydrogen-bond donors (Lipinski definition) is 4. The number of carbonyl (C=O) groups is 1. The van der Waals surface area contributed by atoms with Gasteiger partial charge in [-0.3, -0.25) is 10.0 Å². The van der Waals surface area contributed by atoms with Gasteiger partial charge in [-0.1, -0.05) is 11.6 Å². The summed E-state index contributed by atoms with van der Waals surface area (Å²) in [5.41, 5.74) is 6.63. The fourth-order valence-corrected chi connectivity index (χ4v) is 1.12. The molecule has 1 aromatic rings. The molecule has 1 rings (SSSR count). The van der Waals surface area contributed by atoms with Crippen molar-refractivity contribution in [3.8, 4) is 0 Å². The second-order valence-electron chi connectivity index (χ2n) is 2.57. The van der Waals surface area contributed by atoms with E-state index in [9.17, 15) is 4.79 Å². The molecule has 0 fully saturated rings. The van der Waals surface area contributed by atoms with E-state index in [1.165, 1.54) is 5.48 Å². The lowest BCUT2D eigenvalue weighted by Gasteiger charge is -2.07. The molecule has 82 valence electrons. The predicted molar refractivity (Wildman–Crippen MR) is 54.9 cm³/mol. The minimum Gasteiger partial charge on any atom is -0.382 e. The number of hydrogen-bond acceptors (Lipinski definition) is 6. The maximum atomic E-state index is 11.0. The highest BCUT2D eigenvalue weighted by Crippen LogP contribution is 2.19. The van der Waals surface area contributed by atoms with Gasteiger partial charge in [0.25, 0.3) is 5.91 Å². The summed E-state index contributed by atoms with van der Waals surface area (Å²) in [6.45, 7) is 2.45. The predicted octanol–water partition coefficient (Wildman–Crippen LogP) is 0.263. The molecule has 0 aromatic carbocycles. The summed E-state index contributed by atoms with van der Waals surface area (Å²) in [7, 11) is 0. The molecule has 15 heavy (non-hydrogen) atoms. The second kappa shape index (κ2) is 4.76. The number of nitrogens with two attached hydrogens (primary N) is 1. The van der Waals surface area contributed by atoms with E-state index in [4.69, 9.17) is 22.5 Å². The first kappa shape index (κ1) is 11.5. The fourth-order valence-electron chi connectivity index (χ4n) is 0.928. The van der Waals surface area contributed by atoms with E-state index in [2.05, 4.69) is 15.3 Å². The minimum absolute atomic E-state index is 0.0182. The van der Waals surface area contributed by atoms with Crippen LogP contribution in [-0.2, 0) is 0 Å². The molecule has 0 aliphatic rings. The number of nitrogens with zero attached hydrogens (tertiary/aromatic N) is 2. The number of nitrogens with one attached hydrogen (secondary N) is 2. The lowest BCUT2D eigenvalue weighted by molar-refractivity contribution is 0.0701. The lowest BCUT2D eigenvalue weighted by atomic mass is 10.4. The molecule has 0 aliphatic heterocycles. The van der Waals surface area contributed by atoms with Gasteiger partial charge in [0.05, 0.1) is 0 Å². The zero-order valence-electron chi connectivity index (χ0n) is 7.91. The summed E-state index contributed by atoms with van der Waals surface area (Å²) in [5, 5.41) is 11.2. The molecule has 0 saturated heterocycles. The first-order chi connectivity index (χ1) is 7.10. The highest BCUT2D eigenvalue weighted by molar-refractivity contribution is 6.32. The van der Waals surface area contributed by atoms with Crippen molar-refractivity contribution in [1.82, 2.24) is 15.4 Å². The Morgan fingerprint density at radius 1 is 1.60 bits per heavy atom. The largest absolute Gasteiger partial charge is 0.382 e. The molecular weight excluding hydrogens is 222 g/mol. The molecule has 0 bridgehead atoms. The molecule has 1 amide bonds. The standard InChI is InChI=1S/C7H10ClN5O2/c1-2-10-6-4(8)11-3(5(9)12-6)7(14)13-15/h15H,2H2,1H3,(H,13,14)(H3,9,10,12). The van der Waals surface area contributed by atoms with Crippen molar-refractivity contribution in [2.75, 3.05) is 17.6 Å². The van der Waals surface area contributed by atoms with E-state index >= 15 is 0 Å². The zero-order chi connectivity index (χ0) is 11.4. The van der Waals surface area contributed by atoms with Gasteiger partial charge in [-0.25, -0.2) is 15.4 Å². The van der Waals surface area contributed by atoms with Crippen molar-refractivity contribution in [3.05, 3.63) is 10.8 Å². The van der Waals surface area contributed by atoms with Gasteiger partial charge < -0.3 is 11.1 Å². The van der Waals surface area contributed by atoms with E-state index in [1.54, 1.807) is 0 Å². The first-order valence-electron chi connectivity index (χ1n) is 4.11. The minimum atomic E-state index is -0.857. The van der Waals surface area contributed by atoms with Gasteiger partial charge in [-0.2, -0.15) is 0 Å². The number of amides is 1. The number of rotatable bonds is 3. The Morgan fingerprint density at radius 3 is 2.80 bits per heavy atom. The monoisotopic (exact) mass is 231 g/mol. The Bertz CT molecular complexity index is 384. The van der Waals surface area contributed by atoms with Crippen molar-refractivity contribution in [2.45, 2.75) is 6.92 Å². The average molecular weight is 232 g/mol. The Labute approximate surface area is 90.6 Å². The zero-order valence-corrected chi connectivity index (χ0v) is 8.67. The van der Waals surface area contributed by atoms with Gasteiger partial charge in [-0.15, -0.1) is 0 Å². The summed E-state index contributed by atoms with van der Waals surface area (Å²) < 4.78 is 0. The highest BCUT2D eigenvalue weighted by atomic mass is 35.5. The average Bonchev–Trinajstić information content (AvgIpc) is 2.22. The van der Waals surface area contributed by atoms with Crippen LogP contribution in [0.1, 0.15) is 17.4 Å². The molecule has 0 atom stereocenters. The van der Waals surface area contributed by atoms with Crippen LogP contribution in [0.15, 0.2) is 0 Å². The Kier molecular flexibility index (Phi) is 3.64. The number of carbonyl (C=O) groups excluding carboxylic acids is 1. The van der Waals surface area contributed by atoms with Gasteiger partial charge in [0.1, 0.15) is 0 Å². The molecule has 8 heteroatoms. The maximum Gasteiger partial charge on any atom is 0.297 e. The SMILES string of the molecule is CCNc1nc(N)c(C(=O)NO)nc1Cl. The topological polar surface area (TPSA) is 113 Å². The van der Waals surface area contributed by atoms with Crippen LogP contribution in [0.3, 0.4) is 0 Å². The van der Waals surface area contributed by atoms with E-state index in [0.29, 0.717) is 12.4 Å². The number of hydroxylamine groups is 1. The van der Waals surface area contributed by atoms with Crippen LogP contribution in [0, 0.1) is 0 Å². The third kappa shape index (κ3) is 2.45. The number of halogens is 1. The van der Waals surface area contributed by atoms with E-state index in [-0.39, 0.29) is 16.7 Å². The normalized spacial score (nSPS) is 9.80. The molecule has 0 radical (unpaired) electrons. The van der Waals surface area contributed by atoms with Crippen molar-refractivity contribution in [3.63, 3.8) is 0 Å². The van der Waals surface area contributed by atoms with Gasteiger partial charge in [0.2, 0.25) is 0 Å². The number of anilines is 2. The van der Waals surface area contributed by atoms with Crippen LogP contribution in [-0.4, -0.2) is 27.6 Å². The van der Waals surface area contributed by atoms with E-state index in [0.717, 1.165) is 0 Å². The molecule has 1 aromatic heterocycles. The summed E-state index contributed by atoms with van der Waals surface area (Å²) in [6.07, 6.45) is 0. The number of aromatic nitrogens is 2. The highest BCUT2D eigenvalue weighted by Gasteiger charge is 2.15. The number of nitrogen functional groups attached to an aromatic ring is 1. The van der Waals surface area contributed by atoms with Gasteiger partial charge >= 0.3 is 0 Å². The van der Waals surface area contributed by atoms with Crippen molar-refractivity contribution in [1.29, 1.82) is 0 Å². The molecule has 5 N–H and O–H groups in total. The third-order valence-corrected chi connectivity index (χ3v) is 1.80. The summed E-state index contributed by atoms with van der Waals surface area (Å²) in [5.74, 6) is -0.669. The van der Waals surface area contributed by atoms with Crippen molar-refractivity contribution < 1.29 is 10.0 Å². The molecule has 1 heterocycles. The molecule has 0 unspecified atom stereocenters. The molecule has 0 aliphatic carbocycles. The van der Waals surface area contributed by atoms with Crippen LogP contribution >= 0.6 is 11.6 Å². The Morgan fingerprint density at radius 2 is 2.27 bits per heavy atom. The van der Waals surface area contributed by atoms with Crippen molar-refractivity contribution >= 4 is 29.1 Å². The van der Waals surface area contributed by atoms with Crippen LogP contribution in [0.25, 0.3) is 0 Å². The first-order valence-corrected chi connectivity index (χ1v) is 4.49. The molecule has 0 saturated carbocycles. The molecule has 7 nitrogen and oxygen atoms in total. The van der Waals surface area contributed by atoms with E-state index in [1.807, 2.05) is 6.92 Å². The van der Waals surface area contributed by atoms with Crippen LogP contribution in [0.2, 0.25) is 5.15 Å². The van der Waals surface area contributed by atoms with Crippen molar-refractivity contribution in [2.24, 2.45) is 0 Å². The smallest absolute Gasteiger partial charge is 0.297 e. The third-order valence-electron chi connectivity index (χ3n) is 1.54. The van der Waals surface area contributed by atoms with Crippen LogP contribution in [0.5, 0.6) is 0 Å². The molecular formula is C7H10ClN5O2. The van der Waals surface area contributed by atoms with Gasteiger partial charge in [0.15, 0.2) is 22.5 Å². The summed E-state index contributed by atoms with van der Waals surface area (Å²) in [6, 6.07) is 0. The molecule has 0 spiro atoms. The van der Waals surface area contributed by atoms with Crippen LogP contribution in [0.4, 0.5) is 11.6 Å². The fraction of sp³-hybridized carbons (Fsp3) is 0.286. The Balaban J connectivity index is 3.13. The van der Waals surface area contributed by atoms with Crippen LogP contribution < -0.4 is 16.5 Å².